The van der Waals surface area contributed by atoms with Crippen LogP contribution in [0.4, 0.5) is 17.2 Å². The molecule has 6 heteroatoms. The Hall–Kier alpha value is -2.37. The normalized spacial score (nSPS) is 10.7. The molecule has 0 aliphatic rings. The number of pyridine rings is 1. The van der Waals surface area contributed by atoms with Crippen molar-refractivity contribution < 1.29 is 4.92 Å². The van der Waals surface area contributed by atoms with Crippen LogP contribution in [-0.4, -0.2) is 16.5 Å². The predicted octanol–water partition coefficient (Wildman–Crippen LogP) is 3.33. The smallest absolute Gasteiger partial charge is 0.305 e. The van der Waals surface area contributed by atoms with Crippen molar-refractivity contribution in [2.75, 3.05) is 17.6 Å². The number of nitro groups is 1. The quantitative estimate of drug-likeness (QED) is 0.478. The van der Waals surface area contributed by atoms with E-state index in [1.54, 1.807) is 24.3 Å². The highest BCUT2D eigenvalue weighted by Gasteiger charge is 2.21. The number of nitrogens with two attached hydrogens (primary N) is 1. The Labute approximate surface area is 117 Å². The Morgan fingerprint density at radius 1 is 1.35 bits per heavy atom. The van der Waals surface area contributed by atoms with Gasteiger partial charge in [-0.2, -0.15) is 0 Å². The summed E-state index contributed by atoms with van der Waals surface area (Å²) in [6.45, 7) is 2.83. The standard InChI is InChI=1S/C14H18N4O2/c1-2-3-6-9-16-14-12(15)13(18(19)20)10-7-4-5-8-11(10)17-14/h4-5,7-8H,2-3,6,9,15H2,1H3,(H,16,17). The van der Waals surface area contributed by atoms with Gasteiger partial charge in [0.15, 0.2) is 11.5 Å². The Morgan fingerprint density at radius 2 is 2.10 bits per heavy atom. The summed E-state index contributed by atoms with van der Waals surface area (Å²) in [6.07, 6.45) is 3.20. The fourth-order valence-corrected chi connectivity index (χ4v) is 2.12. The minimum absolute atomic E-state index is 0.0754. The zero-order valence-corrected chi connectivity index (χ0v) is 11.4. The lowest BCUT2D eigenvalue weighted by Crippen LogP contribution is -2.08. The summed E-state index contributed by atoms with van der Waals surface area (Å²) in [5.74, 6) is 0.395. The lowest BCUT2D eigenvalue weighted by Gasteiger charge is -2.10. The van der Waals surface area contributed by atoms with Crippen LogP contribution >= 0.6 is 0 Å². The van der Waals surface area contributed by atoms with Gasteiger partial charge in [-0.25, -0.2) is 4.98 Å². The molecule has 2 aromatic rings. The van der Waals surface area contributed by atoms with Gasteiger partial charge in [0, 0.05) is 6.54 Å². The molecule has 0 aliphatic heterocycles. The van der Waals surface area contributed by atoms with Crippen molar-refractivity contribution in [3.63, 3.8) is 0 Å². The molecule has 0 aliphatic carbocycles. The van der Waals surface area contributed by atoms with E-state index in [9.17, 15) is 10.1 Å². The SMILES string of the molecule is CCCCCNc1nc2ccccc2c([N+](=O)[O-])c1N. The second-order valence-corrected chi connectivity index (χ2v) is 4.63. The van der Waals surface area contributed by atoms with Gasteiger partial charge in [0.05, 0.1) is 15.8 Å². The largest absolute Gasteiger partial charge is 0.390 e. The molecule has 6 nitrogen and oxygen atoms in total. The number of unbranched alkanes of at least 4 members (excludes halogenated alkanes) is 2. The Kier molecular flexibility index (Phi) is 4.34. The number of para-hydroxylation sites is 1. The van der Waals surface area contributed by atoms with Gasteiger partial charge in [-0.05, 0) is 18.6 Å². The van der Waals surface area contributed by atoms with Crippen molar-refractivity contribution in [1.29, 1.82) is 0 Å². The number of aromatic nitrogens is 1. The average Bonchev–Trinajstić information content (AvgIpc) is 2.43. The zero-order valence-electron chi connectivity index (χ0n) is 11.4. The van der Waals surface area contributed by atoms with Crippen LogP contribution in [0.3, 0.4) is 0 Å². The van der Waals surface area contributed by atoms with Gasteiger partial charge in [0.2, 0.25) is 0 Å². The van der Waals surface area contributed by atoms with E-state index < -0.39 is 4.92 Å². The van der Waals surface area contributed by atoms with E-state index >= 15 is 0 Å². The van der Waals surface area contributed by atoms with Crippen LogP contribution in [-0.2, 0) is 0 Å². The highest BCUT2D eigenvalue weighted by Crippen LogP contribution is 2.35. The summed E-state index contributed by atoms with van der Waals surface area (Å²) in [7, 11) is 0. The molecule has 3 N–H and O–H groups in total. The zero-order chi connectivity index (χ0) is 14.5. The maximum atomic E-state index is 11.2. The summed E-state index contributed by atoms with van der Waals surface area (Å²) >= 11 is 0. The molecule has 0 saturated carbocycles. The first-order valence-corrected chi connectivity index (χ1v) is 6.71. The first-order chi connectivity index (χ1) is 9.65. The lowest BCUT2D eigenvalue weighted by molar-refractivity contribution is -0.382. The van der Waals surface area contributed by atoms with Crippen LogP contribution in [0.2, 0.25) is 0 Å². The van der Waals surface area contributed by atoms with Gasteiger partial charge in [-0.1, -0.05) is 31.9 Å². The molecule has 0 unspecified atom stereocenters. The van der Waals surface area contributed by atoms with Gasteiger partial charge in [0.25, 0.3) is 0 Å². The van der Waals surface area contributed by atoms with Crippen LogP contribution in [0, 0.1) is 10.1 Å². The van der Waals surface area contributed by atoms with E-state index in [2.05, 4.69) is 17.2 Å². The number of hydrogen-bond acceptors (Lipinski definition) is 5. The molecule has 1 aromatic carbocycles. The highest BCUT2D eigenvalue weighted by atomic mass is 16.6. The Morgan fingerprint density at radius 3 is 2.80 bits per heavy atom. The van der Waals surface area contributed by atoms with Crippen molar-refractivity contribution in [3.05, 3.63) is 34.4 Å². The van der Waals surface area contributed by atoms with Crippen molar-refractivity contribution >= 4 is 28.1 Å². The Bertz CT molecular complexity index is 628. The molecule has 0 atom stereocenters. The molecule has 0 bridgehead atoms. The highest BCUT2D eigenvalue weighted by molar-refractivity contribution is 5.97. The summed E-state index contributed by atoms with van der Waals surface area (Å²) < 4.78 is 0. The molecule has 0 amide bonds. The molecule has 20 heavy (non-hydrogen) atoms. The second kappa shape index (κ2) is 6.18. The summed E-state index contributed by atoms with van der Waals surface area (Å²) in [6, 6.07) is 6.96. The van der Waals surface area contributed by atoms with Crippen LogP contribution in [0.15, 0.2) is 24.3 Å². The van der Waals surface area contributed by atoms with Crippen molar-refractivity contribution in [2.45, 2.75) is 26.2 Å². The molecule has 1 aromatic heterocycles. The van der Waals surface area contributed by atoms with Gasteiger partial charge in [-0.3, -0.25) is 10.1 Å². The molecule has 0 spiro atoms. The first-order valence-electron chi connectivity index (χ1n) is 6.71. The lowest BCUT2D eigenvalue weighted by atomic mass is 10.1. The number of benzene rings is 1. The molecule has 106 valence electrons. The number of nitrogens with zero attached hydrogens (tertiary/aromatic N) is 2. The van der Waals surface area contributed by atoms with Gasteiger partial charge in [0.1, 0.15) is 0 Å². The maximum absolute atomic E-state index is 11.2. The third-order valence-electron chi connectivity index (χ3n) is 3.16. The minimum Gasteiger partial charge on any atom is -0.390 e. The van der Waals surface area contributed by atoms with E-state index in [-0.39, 0.29) is 11.4 Å². The second-order valence-electron chi connectivity index (χ2n) is 4.63. The number of anilines is 2. The van der Waals surface area contributed by atoms with Crippen LogP contribution in [0.5, 0.6) is 0 Å². The first kappa shape index (κ1) is 14.0. The van der Waals surface area contributed by atoms with Crippen molar-refractivity contribution in [1.82, 2.24) is 4.98 Å². The van der Waals surface area contributed by atoms with Crippen LogP contribution < -0.4 is 11.1 Å². The van der Waals surface area contributed by atoms with Crippen LogP contribution in [0.25, 0.3) is 10.9 Å². The third-order valence-corrected chi connectivity index (χ3v) is 3.16. The van der Waals surface area contributed by atoms with Crippen LogP contribution in [0.1, 0.15) is 26.2 Å². The molecule has 2 rings (SSSR count). The number of nitrogen functional groups attached to an aromatic ring is 1. The van der Waals surface area contributed by atoms with Gasteiger partial charge in [-0.15, -0.1) is 0 Å². The topological polar surface area (TPSA) is 94.1 Å². The van der Waals surface area contributed by atoms with Gasteiger partial charge >= 0.3 is 5.69 Å². The van der Waals surface area contributed by atoms with E-state index in [1.165, 1.54) is 0 Å². The number of fused-ring (bicyclic) bond motifs is 1. The van der Waals surface area contributed by atoms with Crippen molar-refractivity contribution in [3.8, 4) is 0 Å². The maximum Gasteiger partial charge on any atom is 0.305 e. The molecule has 0 fully saturated rings. The molecule has 0 radical (unpaired) electrons. The monoisotopic (exact) mass is 274 g/mol. The Balaban J connectivity index is 2.40. The van der Waals surface area contributed by atoms with E-state index in [0.717, 1.165) is 19.3 Å². The summed E-state index contributed by atoms with van der Waals surface area (Å²) in [4.78, 5) is 15.2. The number of hydrogen-bond donors (Lipinski definition) is 2. The van der Waals surface area contributed by atoms with E-state index in [4.69, 9.17) is 5.73 Å². The molecular weight excluding hydrogens is 256 g/mol. The minimum atomic E-state index is -0.448. The fraction of sp³-hybridized carbons (Fsp3) is 0.357. The number of rotatable bonds is 6. The van der Waals surface area contributed by atoms with Crippen molar-refractivity contribution in [2.24, 2.45) is 0 Å². The molecule has 0 saturated heterocycles. The van der Waals surface area contributed by atoms with Gasteiger partial charge < -0.3 is 11.1 Å². The third kappa shape index (κ3) is 2.79. The molecular formula is C14H18N4O2. The number of nitrogens with one attached hydrogen (secondary N) is 1. The summed E-state index contributed by atoms with van der Waals surface area (Å²) in [5, 5.41) is 14.8. The average molecular weight is 274 g/mol. The molecule has 1 heterocycles. The predicted molar refractivity (Wildman–Crippen MR) is 80.8 cm³/mol. The van der Waals surface area contributed by atoms with E-state index in [1.807, 2.05) is 0 Å². The fourth-order valence-electron chi connectivity index (χ4n) is 2.12. The van der Waals surface area contributed by atoms with E-state index in [0.29, 0.717) is 23.3 Å². The summed E-state index contributed by atoms with van der Waals surface area (Å²) in [5.41, 5.74) is 6.50.